The second-order valence-electron chi connectivity index (χ2n) is 6.58. The van der Waals surface area contributed by atoms with Gasteiger partial charge in [-0.1, -0.05) is 49.1 Å². The van der Waals surface area contributed by atoms with Crippen LogP contribution in [-0.4, -0.2) is 34.7 Å². The lowest BCUT2D eigenvalue weighted by atomic mass is 9.88. The lowest BCUT2D eigenvalue weighted by Crippen LogP contribution is -2.34. The van der Waals surface area contributed by atoms with Crippen LogP contribution in [0, 0.1) is 0 Å². The molecule has 1 aromatic carbocycles. The van der Waals surface area contributed by atoms with E-state index in [4.69, 9.17) is 0 Å². The molecule has 1 aliphatic rings. The highest BCUT2D eigenvalue weighted by molar-refractivity contribution is 5.29. The fraction of sp³-hybridized carbons (Fsp3) is 0.381. The van der Waals surface area contributed by atoms with Crippen molar-refractivity contribution in [2.75, 3.05) is 19.6 Å². The van der Waals surface area contributed by atoms with Crippen molar-refractivity contribution in [1.29, 1.82) is 0 Å². The molecule has 0 bridgehead atoms. The predicted molar refractivity (Wildman–Crippen MR) is 100 cm³/mol. The lowest BCUT2D eigenvalue weighted by molar-refractivity contribution is 0.229. The fourth-order valence-corrected chi connectivity index (χ4v) is 3.55. The first kappa shape index (κ1) is 16.7. The quantitative estimate of drug-likeness (QED) is 0.804. The van der Waals surface area contributed by atoms with Crippen LogP contribution >= 0.6 is 0 Å². The first-order valence-corrected chi connectivity index (χ1v) is 8.86. The summed E-state index contributed by atoms with van der Waals surface area (Å²) in [6.45, 7) is 9.30. The van der Waals surface area contributed by atoms with Crippen molar-refractivity contribution in [2.24, 2.45) is 0 Å². The normalized spacial score (nSPS) is 17.1. The van der Waals surface area contributed by atoms with Gasteiger partial charge in [-0.05, 0) is 55.5 Å². The predicted octanol–water partition coefficient (Wildman–Crippen LogP) is 4.31. The van der Waals surface area contributed by atoms with Crippen LogP contribution in [0.4, 0.5) is 0 Å². The molecule has 0 saturated carbocycles. The van der Waals surface area contributed by atoms with Crippen molar-refractivity contribution in [3.63, 3.8) is 0 Å². The summed E-state index contributed by atoms with van der Waals surface area (Å²) in [5, 5.41) is 7.55. The third-order valence-corrected chi connectivity index (χ3v) is 5.04. The van der Waals surface area contributed by atoms with Crippen molar-refractivity contribution in [2.45, 2.75) is 32.1 Å². The van der Waals surface area contributed by atoms with Crippen molar-refractivity contribution in [1.82, 2.24) is 15.1 Å². The van der Waals surface area contributed by atoms with E-state index < -0.39 is 0 Å². The first-order chi connectivity index (χ1) is 11.8. The Labute approximate surface area is 145 Å². The number of piperidine rings is 1. The number of H-pyrrole nitrogens is 1. The third kappa shape index (κ3) is 4.04. The van der Waals surface area contributed by atoms with Crippen LogP contribution in [0.5, 0.6) is 0 Å². The molecular formula is C21H27N3. The van der Waals surface area contributed by atoms with Gasteiger partial charge in [-0.15, -0.1) is 0 Å². The summed E-state index contributed by atoms with van der Waals surface area (Å²) in [7, 11) is 0. The maximum absolute atomic E-state index is 4.33. The van der Waals surface area contributed by atoms with Crippen molar-refractivity contribution in [3.8, 4) is 0 Å². The molecule has 1 fully saturated rings. The van der Waals surface area contributed by atoms with Crippen molar-refractivity contribution in [3.05, 3.63) is 77.7 Å². The molecule has 24 heavy (non-hydrogen) atoms. The molecule has 1 N–H and O–H groups in total. The minimum absolute atomic E-state index is 0.622. The van der Waals surface area contributed by atoms with E-state index in [2.05, 4.69) is 65.0 Å². The van der Waals surface area contributed by atoms with E-state index in [-0.39, 0.29) is 0 Å². The Morgan fingerprint density at radius 3 is 2.71 bits per heavy atom. The highest BCUT2D eigenvalue weighted by Crippen LogP contribution is 2.30. The zero-order valence-electron chi connectivity index (χ0n) is 14.5. The molecule has 1 aromatic heterocycles. The van der Waals surface area contributed by atoms with E-state index in [1.54, 1.807) is 0 Å². The van der Waals surface area contributed by atoms with Gasteiger partial charge in [0.2, 0.25) is 0 Å². The summed E-state index contributed by atoms with van der Waals surface area (Å²) < 4.78 is 0. The van der Waals surface area contributed by atoms with Crippen LogP contribution in [0.3, 0.4) is 0 Å². The Bertz CT molecular complexity index is 676. The Balaban J connectivity index is 1.61. The summed E-state index contributed by atoms with van der Waals surface area (Å²) in [6.07, 6.45) is 9.52. The first-order valence-electron chi connectivity index (χ1n) is 8.86. The van der Waals surface area contributed by atoms with E-state index in [1.165, 1.54) is 35.2 Å². The van der Waals surface area contributed by atoms with E-state index in [0.29, 0.717) is 5.92 Å². The summed E-state index contributed by atoms with van der Waals surface area (Å²) in [6, 6.07) is 10.6. The molecule has 2 heterocycles. The molecule has 2 aromatic rings. The van der Waals surface area contributed by atoms with Gasteiger partial charge in [-0.3, -0.25) is 10.00 Å². The number of rotatable bonds is 6. The molecule has 0 radical (unpaired) electrons. The van der Waals surface area contributed by atoms with Crippen molar-refractivity contribution >= 4 is 0 Å². The number of nitrogens with zero attached hydrogens (tertiary/aromatic N) is 2. The SMILES string of the molecule is C=CC(=CC)CN1CCC(c2cn[nH]c2Cc2ccccc2)CC1. The number of aromatic amines is 1. The van der Waals surface area contributed by atoms with Crippen LogP contribution in [0.1, 0.15) is 42.5 Å². The molecule has 126 valence electrons. The molecule has 3 heteroatoms. The molecule has 1 saturated heterocycles. The fourth-order valence-electron chi connectivity index (χ4n) is 3.55. The zero-order chi connectivity index (χ0) is 16.8. The van der Waals surface area contributed by atoms with E-state index in [0.717, 1.165) is 26.1 Å². The van der Waals surface area contributed by atoms with E-state index in [9.17, 15) is 0 Å². The smallest absolute Gasteiger partial charge is 0.0525 e. The summed E-state index contributed by atoms with van der Waals surface area (Å²) in [4.78, 5) is 2.53. The van der Waals surface area contributed by atoms with Crippen molar-refractivity contribution < 1.29 is 0 Å². The molecule has 3 nitrogen and oxygen atoms in total. The van der Waals surface area contributed by atoms with Crippen LogP contribution < -0.4 is 0 Å². The second kappa shape index (κ2) is 8.11. The number of aromatic nitrogens is 2. The highest BCUT2D eigenvalue weighted by Gasteiger charge is 2.23. The van der Waals surface area contributed by atoms with Crippen LogP contribution in [0.15, 0.2) is 60.8 Å². The zero-order valence-corrected chi connectivity index (χ0v) is 14.5. The van der Waals surface area contributed by atoms with Gasteiger partial charge in [-0.25, -0.2) is 0 Å². The molecular weight excluding hydrogens is 294 g/mol. The number of allylic oxidation sites excluding steroid dienone is 1. The minimum Gasteiger partial charge on any atom is -0.299 e. The van der Waals surface area contributed by atoms with Gasteiger partial charge in [-0.2, -0.15) is 5.10 Å². The summed E-state index contributed by atoms with van der Waals surface area (Å²) >= 11 is 0. The molecule has 0 atom stereocenters. The maximum Gasteiger partial charge on any atom is 0.0525 e. The Kier molecular flexibility index (Phi) is 5.65. The van der Waals surface area contributed by atoms with Crippen LogP contribution in [-0.2, 0) is 6.42 Å². The number of hydrogen-bond donors (Lipinski definition) is 1. The Morgan fingerprint density at radius 2 is 2.04 bits per heavy atom. The van der Waals surface area contributed by atoms with Gasteiger partial charge in [0, 0.05) is 18.7 Å². The number of nitrogens with one attached hydrogen (secondary N) is 1. The van der Waals surface area contributed by atoms with E-state index >= 15 is 0 Å². The van der Waals surface area contributed by atoms with Gasteiger partial charge < -0.3 is 0 Å². The standard InChI is InChI=1S/C21H27N3/c1-3-17(4-2)16-24-12-10-19(11-13-24)20-15-22-23-21(20)14-18-8-6-5-7-9-18/h3-9,15,19H,1,10-14,16H2,2H3,(H,22,23). The molecule has 3 rings (SSSR count). The lowest BCUT2D eigenvalue weighted by Gasteiger charge is -2.32. The van der Waals surface area contributed by atoms with Gasteiger partial charge in [0.1, 0.15) is 0 Å². The van der Waals surface area contributed by atoms with E-state index in [1.807, 2.05) is 12.3 Å². The van der Waals surface area contributed by atoms with Crippen LogP contribution in [0.25, 0.3) is 0 Å². The number of hydrogen-bond acceptors (Lipinski definition) is 2. The largest absolute Gasteiger partial charge is 0.299 e. The minimum atomic E-state index is 0.622. The van der Waals surface area contributed by atoms with Gasteiger partial charge >= 0.3 is 0 Å². The second-order valence-corrected chi connectivity index (χ2v) is 6.58. The summed E-state index contributed by atoms with van der Waals surface area (Å²) in [5.74, 6) is 0.622. The molecule has 0 amide bonds. The molecule has 1 aliphatic heterocycles. The van der Waals surface area contributed by atoms with Gasteiger partial charge in [0.15, 0.2) is 0 Å². The average Bonchev–Trinajstić information content (AvgIpc) is 3.09. The van der Waals surface area contributed by atoms with Gasteiger partial charge in [0.05, 0.1) is 6.20 Å². The third-order valence-electron chi connectivity index (χ3n) is 5.04. The Hall–Kier alpha value is -2.13. The Morgan fingerprint density at radius 1 is 1.29 bits per heavy atom. The van der Waals surface area contributed by atoms with Gasteiger partial charge in [0.25, 0.3) is 0 Å². The summed E-state index contributed by atoms with van der Waals surface area (Å²) in [5.41, 5.74) is 5.35. The monoisotopic (exact) mass is 321 g/mol. The molecule has 0 unspecified atom stereocenters. The molecule has 0 aliphatic carbocycles. The average molecular weight is 321 g/mol. The van der Waals surface area contributed by atoms with Crippen LogP contribution in [0.2, 0.25) is 0 Å². The maximum atomic E-state index is 4.33. The molecule has 0 spiro atoms. The number of benzene rings is 1. The topological polar surface area (TPSA) is 31.9 Å². The highest BCUT2D eigenvalue weighted by atomic mass is 15.1. The number of likely N-dealkylation sites (tertiary alicyclic amines) is 1.